The second-order valence-corrected chi connectivity index (χ2v) is 5.20. The summed E-state index contributed by atoms with van der Waals surface area (Å²) >= 11 is 0. The van der Waals surface area contributed by atoms with Crippen LogP contribution in [-0.2, 0) is 9.53 Å². The third-order valence-electron chi connectivity index (χ3n) is 3.71. The molecular formula is C18H18N2O2. The maximum Gasteiger partial charge on any atom is 0.313 e. The third kappa shape index (κ3) is 2.72. The molecule has 0 aliphatic carbocycles. The van der Waals surface area contributed by atoms with Crippen LogP contribution in [0.2, 0.25) is 0 Å². The van der Waals surface area contributed by atoms with E-state index in [1.165, 1.54) is 0 Å². The Labute approximate surface area is 129 Å². The lowest BCUT2D eigenvalue weighted by molar-refractivity contribution is -0.144. The van der Waals surface area contributed by atoms with Crippen molar-refractivity contribution in [1.82, 2.24) is 9.78 Å². The van der Waals surface area contributed by atoms with E-state index in [0.29, 0.717) is 6.61 Å². The molecule has 0 bridgehead atoms. The van der Waals surface area contributed by atoms with Gasteiger partial charge in [-0.25, -0.2) is 4.68 Å². The van der Waals surface area contributed by atoms with E-state index in [1.807, 2.05) is 73.3 Å². The molecule has 0 spiro atoms. The molecular weight excluding hydrogens is 276 g/mol. The summed E-state index contributed by atoms with van der Waals surface area (Å²) in [5.41, 5.74) is 2.88. The van der Waals surface area contributed by atoms with Crippen molar-refractivity contribution in [3.63, 3.8) is 0 Å². The minimum absolute atomic E-state index is 0.194. The summed E-state index contributed by atoms with van der Waals surface area (Å²) in [6.07, 6.45) is 2.00. The molecule has 0 saturated heterocycles. The molecule has 0 radical (unpaired) electrons. The van der Waals surface area contributed by atoms with Gasteiger partial charge in [-0.3, -0.25) is 4.79 Å². The maximum atomic E-state index is 11.8. The number of esters is 1. The van der Waals surface area contributed by atoms with Crippen molar-refractivity contribution < 1.29 is 9.53 Å². The summed E-state index contributed by atoms with van der Waals surface area (Å²) in [4.78, 5) is 11.8. The summed E-state index contributed by atoms with van der Waals surface area (Å²) < 4.78 is 6.91. The van der Waals surface area contributed by atoms with Crippen LogP contribution in [0.25, 0.3) is 16.6 Å². The molecule has 2 aromatic carbocycles. The molecule has 0 aliphatic rings. The lowest BCUT2D eigenvalue weighted by atomic mass is 10.0. The fourth-order valence-corrected chi connectivity index (χ4v) is 2.42. The summed E-state index contributed by atoms with van der Waals surface area (Å²) in [6, 6.07) is 15.8. The molecule has 22 heavy (non-hydrogen) atoms. The van der Waals surface area contributed by atoms with Crippen LogP contribution in [0.4, 0.5) is 0 Å². The smallest absolute Gasteiger partial charge is 0.313 e. The van der Waals surface area contributed by atoms with E-state index < -0.39 is 0 Å². The Bertz CT molecular complexity index is 757. The number of rotatable bonds is 4. The van der Waals surface area contributed by atoms with E-state index in [0.717, 1.165) is 22.2 Å². The predicted molar refractivity (Wildman–Crippen MR) is 86.1 cm³/mol. The highest BCUT2D eigenvalue weighted by Gasteiger charge is 2.16. The van der Waals surface area contributed by atoms with Crippen LogP contribution in [0.5, 0.6) is 0 Å². The van der Waals surface area contributed by atoms with E-state index in [-0.39, 0.29) is 11.9 Å². The highest BCUT2D eigenvalue weighted by Crippen LogP contribution is 2.20. The van der Waals surface area contributed by atoms with Crippen molar-refractivity contribution in [2.45, 2.75) is 19.8 Å². The molecule has 3 rings (SSSR count). The lowest BCUT2D eigenvalue weighted by Crippen LogP contribution is -2.13. The quantitative estimate of drug-likeness (QED) is 0.689. The monoisotopic (exact) mass is 294 g/mol. The Morgan fingerprint density at radius 1 is 1.18 bits per heavy atom. The summed E-state index contributed by atoms with van der Waals surface area (Å²) in [5.74, 6) is -0.453. The molecule has 112 valence electrons. The zero-order chi connectivity index (χ0) is 15.5. The average Bonchev–Trinajstić information content (AvgIpc) is 2.98. The van der Waals surface area contributed by atoms with Gasteiger partial charge < -0.3 is 4.74 Å². The molecule has 4 nitrogen and oxygen atoms in total. The van der Waals surface area contributed by atoms with E-state index in [1.54, 1.807) is 0 Å². The Morgan fingerprint density at radius 3 is 2.59 bits per heavy atom. The number of hydrogen-bond acceptors (Lipinski definition) is 3. The van der Waals surface area contributed by atoms with Gasteiger partial charge in [-0.15, -0.1) is 0 Å². The molecule has 0 amide bonds. The van der Waals surface area contributed by atoms with Crippen molar-refractivity contribution >= 4 is 16.9 Å². The predicted octanol–water partition coefficient (Wildman–Crippen LogP) is 3.69. The van der Waals surface area contributed by atoms with Gasteiger partial charge in [0.1, 0.15) is 0 Å². The molecule has 0 aliphatic heterocycles. The standard InChI is InChI=1S/C18H18N2O2/c1-3-22-18(21)13(2)14-8-10-16(11-9-14)20-12-15-6-4-5-7-17(15)19-20/h4-13H,3H2,1-2H3/t13-/m1/s1. The molecule has 0 fully saturated rings. The minimum Gasteiger partial charge on any atom is -0.466 e. The molecule has 1 atom stereocenters. The number of benzene rings is 2. The number of carbonyl (C=O) groups is 1. The Balaban J connectivity index is 1.86. The summed E-state index contributed by atoms with van der Waals surface area (Å²) in [5, 5.41) is 5.65. The first-order valence-electron chi connectivity index (χ1n) is 7.40. The number of hydrogen-bond donors (Lipinski definition) is 0. The molecule has 3 aromatic rings. The normalized spacial score (nSPS) is 12.3. The van der Waals surface area contributed by atoms with Crippen molar-refractivity contribution in [2.75, 3.05) is 6.61 Å². The first-order valence-corrected chi connectivity index (χ1v) is 7.40. The van der Waals surface area contributed by atoms with E-state index in [4.69, 9.17) is 4.74 Å². The fourth-order valence-electron chi connectivity index (χ4n) is 2.42. The third-order valence-corrected chi connectivity index (χ3v) is 3.71. The highest BCUT2D eigenvalue weighted by molar-refractivity contribution is 5.79. The van der Waals surface area contributed by atoms with Gasteiger partial charge in [0, 0.05) is 11.6 Å². The topological polar surface area (TPSA) is 44.1 Å². The van der Waals surface area contributed by atoms with Gasteiger partial charge >= 0.3 is 5.97 Å². The van der Waals surface area contributed by atoms with Crippen molar-refractivity contribution in [3.8, 4) is 5.69 Å². The van der Waals surface area contributed by atoms with Crippen molar-refractivity contribution in [2.24, 2.45) is 0 Å². The van der Waals surface area contributed by atoms with Gasteiger partial charge in [0.25, 0.3) is 0 Å². The van der Waals surface area contributed by atoms with Gasteiger partial charge in [-0.1, -0.05) is 30.3 Å². The van der Waals surface area contributed by atoms with Crippen LogP contribution >= 0.6 is 0 Å². The number of aromatic nitrogens is 2. The average molecular weight is 294 g/mol. The first kappa shape index (κ1) is 14.3. The number of carbonyl (C=O) groups excluding carboxylic acids is 1. The van der Waals surface area contributed by atoms with Crippen LogP contribution in [0.15, 0.2) is 54.7 Å². The van der Waals surface area contributed by atoms with Gasteiger partial charge in [0.2, 0.25) is 0 Å². The molecule has 4 heteroatoms. The van der Waals surface area contributed by atoms with Crippen LogP contribution < -0.4 is 0 Å². The van der Waals surface area contributed by atoms with Crippen LogP contribution in [0, 0.1) is 0 Å². The molecule has 1 aromatic heterocycles. The second kappa shape index (κ2) is 6.02. The summed E-state index contributed by atoms with van der Waals surface area (Å²) in [6.45, 7) is 4.08. The van der Waals surface area contributed by atoms with Crippen LogP contribution in [-0.4, -0.2) is 22.4 Å². The van der Waals surface area contributed by atoms with Crippen molar-refractivity contribution in [3.05, 3.63) is 60.3 Å². The van der Waals surface area contributed by atoms with Crippen LogP contribution in [0.1, 0.15) is 25.3 Å². The minimum atomic E-state index is -0.259. The molecule has 0 saturated carbocycles. The van der Waals surface area contributed by atoms with Crippen molar-refractivity contribution in [1.29, 1.82) is 0 Å². The van der Waals surface area contributed by atoms with E-state index in [2.05, 4.69) is 5.10 Å². The zero-order valence-corrected chi connectivity index (χ0v) is 12.7. The summed E-state index contributed by atoms with van der Waals surface area (Å²) in [7, 11) is 0. The molecule has 0 N–H and O–H groups in total. The van der Waals surface area contributed by atoms with Gasteiger partial charge in [-0.2, -0.15) is 5.10 Å². The van der Waals surface area contributed by atoms with E-state index in [9.17, 15) is 4.79 Å². The maximum absolute atomic E-state index is 11.8. The SMILES string of the molecule is CCOC(=O)[C@H](C)c1ccc(-n2cc3ccccc3n2)cc1. The zero-order valence-electron chi connectivity index (χ0n) is 12.7. The largest absolute Gasteiger partial charge is 0.466 e. The Hall–Kier alpha value is -2.62. The fraction of sp³-hybridized carbons (Fsp3) is 0.222. The van der Waals surface area contributed by atoms with Gasteiger partial charge in [0.15, 0.2) is 0 Å². The van der Waals surface area contributed by atoms with Gasteiger partial charge in [0.05, 0.1) is 23.7 Å². The van der Waals surface area contributed by atoms with E-state index >= 15 is 0 Å². The number of fused-ring (bicyclic) bond motifs is 1. The number of nitrogens with zero attached hydrogens (tertiary/aromatic N) is 2. The molecule has 0 unspecified atom stereocenters. The second-order valence-electron chi connectivity index (χ2n) is 5.20. The Morgan fingerprint density at radius 2 is 1.91 bits per heavy atom. The molecule has 1 heterocycles. The highest BCUT2D eigenvalue weighted by atomic mass is 16.5. The van der Waals surface area contributed by atoms with Gasteiger partial charge in [-0.05, 0) is 37.6 Å². The Kier molecular flexibility index (Phi) is 3.92. The first-order chi connectivity index (χ1) is 10.7. The number of ether oxygens (including phenoxy) is 1. The van der Waals surface area contributed by atoms with Crippen LogP contribution in [0.3, 0.4) is 0 Å². The lowest BCUT2D eigenvalue weighted by Gasteiger charge is -2.11.